The van der Waals surface area contributed by atoms with Crippen LogP contribution in [0.2, 0.25) is 0 Å². The fourth-order valence-corrected chi connectivity index (χ4v) is 5.68. The van der Waals surface area contributed by atoms with E-state index in [2.05, 4.69) is 13.8 Å². The number of likely N-dealkylation sites (N-methyl/N-ethyl adjacent to an activating group) is 1. The molecule has 0 aliphatic heterocycles. The summed E-state index contributed by atoms with van der Waals surface area (Å²) in [7, 11) is 1.17. The Bertz CT molecular complexity index is 758. The number of quaternary nitrogens is 1. The maximum absolute atomic E-state index is 12.5. The Hall–Kier alpha value is -0.990. The fraction of sp³-hybridized carbons (Fsp3) is 0.943. The number of unbranched alkanes of at least 4 members (excludes halogenated alkanes) is 19. The molecule has 0 radical (unpaired) electrons. The molecule has 10 heteroatoms. The molecule has 0 N–H and O–H groups in total. The highest BCUT2D eigenvalue weighted by Gasteiger charge is 2.21. The monoisotopic (exact) mass is 663 g/mol. The van der Waals surface area contributed by atoms with E-state index in [9.17, 15) is 19.0 Å². The topological polar surface area (TPSA) is 111 Å². The van der Waals surface area contributed by atoms with Crippen LogP contribution in [0.25, 0.3) is 0 Å². The summed E-state index contributed by atoms with van der Waals surface area (Å²) in [5.41, 5.74) is 0. The van der Waals surface area contributed by atoms with Crippen molar-refractivity contribution in [1.82, 2.24) is 0 Å². The van der Waals surface area contributed by atoms with Crippen molar-refractivity contribution in [3.8, 4) is 0 Å². The second kappa shape index (κ2) is 29.2. The number of phosphoric ester groups is 1. The van der Waals surface area contributed by atoms with Crippen LogP contribution in [0.5, 0.6) is 0 Å². The first-order valence-corrected chi connectivity index (χ1v) is 19.7. The van der Waals surface area contributed by atoms with Gasteiger partial charge in [-0.15, -0.1) is 0 Å². The molecule has 0 saturated carbocycles. The zero-order valence-corrected chi connectivity index (χ0v) is 30.7. The standard InChI is InChI=1S/C35H70NO8P/c1-6-8-10-12-14-16-17-18-19-20-22-24-26-28-35(38)44-33(32-43-45(39,40)42-30-29-36(3,4)5)31-41-34(37)27-25-23-21-15-13-11-9-7-2/h33H,6-32H2,1-5H3. The van der Waals surface area contributed by atoms with Crippen LogP contribution in [0.15, 0.2) is 0 Å². The van der Waals surface area contributed by atoms with Crippen molar-refractivity contribution in [1.29, 1.82) is 0 Å². The quantitative estimate of drug-likeness (QED) is 0.0297. The maximum atomic E-state index is 12.5. The van der Waals surface area contributed by atoms with Gasteiger partial charge in [0.05, 0.1) is 27.7 Å². The van der Waals surface area contributed by atoms with Crippen LogP contribution in [0.4, 0.5) is 0 Å². The maximum Gasteiger partial charge on any atom is 0.306 e. The number of carbonyl (C=O) groups excluding carboxylic acids is 2. The van der Waals surface area contributed by atoms with Crippen LogP contribution >= 0.6 is 7.82 Å². The Balaban J connectivity index is 4.43. The van der Waals surface area contributed by atoms with Gasteiger partial charge < -0.3 is 27.9 Å². The first-order chi connectivity index (χ1) is 21.5. The SMILES string of the molecule is CCCCCCCCCCCCCCCC(=O)OC(COC(=O)CCCCCCCCCC)COP(=O)([O-])OCC[N+](C)(C)C. The minimum absolute atomic E-state index is 0.0264. The lowest BCUT2D eigenvalue weighted by molar-refractivity contribution is -0.870. The largest absolute Gasteiger partial charge is 0.756 e. The molecule has 0 saturated heterocycles. The zero-order chi connectivity index (χ0) is 33.7. The van der Waals surface area contributed by atoms with E-state index in [4.69, 9.17) is 18.5 Å². The van der Waals surface area contributed by atoms with Gasteiger partial charge in [0.2, 0.25) is 0 Å². The molecular weight excluding hydrogens is 593 g/mol. The highest BCUT2D eigenvalue weighted by Crippen LogP contribution is 2.38. The Labute approximate surface area is 276 Å². The van der Waals surface area contributed by atoms with Crippen LogP contribution in [-0.2, 0) is 32.7 Å². The average molecular weight is 664 g/mol. The summed E-state index contributed by atoms with van der Waals surface area (Å²) in [6.45, 7) is 4.18. The predicted octanol–water partition coefficient (Wildman–Crippen LogP) is 8.66. The third-order valence-electron chi connectivity index (χ3n) is 7.88. The van der Waals surface area contributed by atoms with Crippen molar-refractivity contribution < 1.29 is 42.1 Å². The first-order valence-electron chi connectivity index (χ1n) is 18.2. The molecule has 2 atom stereocenters. The van der Waals surface area contributed by atoms with Crippen molar-refractivity contribution in [2.75, 3.05) is 47.5 Å². The summed E-state index contributed by atoms with van der Waals surface area (Å²) < 4.78 is 33.6. The number of carbonyl (C=O) groups is 2. The average Bonchev–Trinajstić information content (AvgIpc) is 2.97. The van der Waals surface area contributed by atoms with E-state index in [1.165, 1.54) is 96.3 Å². The Morgan fingerprint density at radius 2 is 1.00 bits per heavy atom. The number of ether oxygens (including phenoxy) is 2. The summed E-state index contributed by atoms with van der Waals surface area (Å²) >= 11 is 0. The molecule has 0 aliphatic carbocycles. The lowest BCUT2D eigenvalue weighted by atomic mass is 10.0. The van der Waals surface area contributed by atoms with Crippen molar-refractivity contribution in [2.24, 2.45) is 0 Å². The highest BCUT2D eigenvalue weighted by molar-refractivity contribution is 7.45. The van der Waals surface area contributed by atoms with Gasteiger partial charge in [0.1, 0.15) is 19.8 Å². The lowest BCUT2D eigenvalue weighted by Gasteiger charge is -2.28. The Kier molecular flexibility index (Phi) is 28.5. The third-order valence-corrected chi connectivity index (χ3v) is 8.84. The molecule has 0 rings (SSSR count). The number of hydrogen-bond acceptors (Lipinski definition) is 8. The molecule has 0 aromatic heterocycles. The zero-order valence-electron chi connectivity index (χ0n) is 29.8. The number of rotatable bonds is 33. The molecule has 9 nitrogen and oxygen atoms in total. The van der Waals surface area contributed by atoms with Gasteiger partial charge >= 0.3 is 11.9 Å². The third kappa shape index (κ3) is 32.7. The van der Waals surface area contributed by atoms with Crippen molar-refractivity contribution in [3.05, 3.63) is 0 Å². The molecule has 0 aliphatic rings. The summed E-state index contributed by atoms with van der Waals surface area (Å²) in [5, 5.41) is 0. The van der Waals surface area contributed by atoms with Gasteiger partial charge in [0.25, 0.3) is 7.82 Å². The van der Waals surface area contributed by atoms with Crippen LogP contribution < -0.4 is 4.89 Å². The van der Waals surface area contributed by atoms with Gasteiger partial charge in [-0.2, -0.15) is 0 Å². The molecule has 0 heterocycles. The number of hydrogen-bond donors (Lipinski definition) is 0. The fourth-order valence-electron chi connectivity index (χ4n) is 4.95. The summed E-state index contributed by atoms with van der Waals surface area (Å²) in [5.74, 6) is -0.833. The van der Waals surface area contributed by atoms with E-state index in [1.807, 2.05) is 21.1 Å². The van der Waals surface area contributed by atoms with Gasteiger partial charge in [0.15, 0.2) is 6.10 Å². The van der Waals surface area contributed by atoms with Gasteiger partial charge in [0, 0.05) is 12.8 Å². The number of esters is 2. The van der Waals surface area contributed by atoms with Crippen LogP contribution in [0.3, 0.4) is 0 Å². The van der Waals surface area contributed by atoms with E-state index < -0.39 is 26.5 Å². The minimum atomic E-state index is -4.60. The lowest BCUT2D eigenvalue weighted by Crippen LogP contribution is -2.37. The van der Waals surface area contributed by atoms with E-state index in [1.54, 1.807) is 0 Å². The molecule has 0 fully saturated rings. The van der Waals surface area contributed by atoms with Gasteiger partial charge in [-0.25, -0.2) is 0 Å². The molecule has 0 bridgehead atoms. The summed E-state index contributed by atoms with van der Waals surface area (Å²) in [4.78, 5) is 37.1. The molecule has 0 spiro atoms. The van der Waals surface area contributed by atoms with Gasteiger partial charge in [-0.1, -0.05) is 136 Å². The number of nitrogens with zero attached hydrogens (tertiary/aromatic N) is 1. The van der Waals surface area contributed by atoms with Crippen LogP contribution in [0, 0.1) is 0 Å². The van der Waals surface area contributed by atoms with Crippen LogP contribution in [-0.4, -0.2) is 70.0 Å². The second-order valence-corrected chi connectivity index (χ2v) is 15.0. The smallest absolute Gasteiger partial charge is 0.306 e. The van der Waals surface area contributed by atoms with E-state index in [0.29, 0.717) is 17.4 Å². The second-order valence-electron chi connectivity index (χ2n) is 13.6. The molecular formula is C35H70NO8P. The summed E-state index contributed by atoms with van der Waals surface area (Å²) in [6.07, 6.45) is 24.2. The minimum Gasteiger partial charge on any atom is -0.756 e. The first kappa shape index (κ1) is 44.0. The van der Waals surface area contributed by atoms with Crippen molar-refractivity contribution in [2.45, 2.75) is 168 Å². The van der Waals surface area contributed by atoms with Crippen molar-refractivity contribution >= 4 is 19.8 Å². The van der Waals surface area contributed by atoms with E-state index in [-0.39, 0.29) is 32.0 Å². The molecule has 0 aromatic carbocycles. The van der Waals surface area contributed by atoms with Gasteiger partial charge in [-0.05, 0) is 12.8 Å². The molecule has 0 aromatic rings. The van der Waals surface area contributed by atoms with E-state index >= 15 is 0 Å². The van der Waals surface area contributed by atoms with Gasteiger partial charge in [-0.3, -0.25) is 14.2 Å². The molecule has 0 amide bonds. The number of phosphoric acid groups is 1. The predicted molar refractivity (Wildman–Crippen MR) is 181 cm³/mol. The Morgan fingerprint density at radius 3 is 1.42 bits per heavy atom. The highest BCUT2D eigenvalue weighted by atomic mass is 31.2. The Morgan fingerprint density at radius 1 is 0.600 bits per heavy atom. The molecule has 45 heavy (non-hydrogen) atoms. The normalized spacial score (nSPS) is 13.8. The van der Waals surface area contributed by atoms with E-state index in [0.717, 1.165) is 32.1 Å². The van der Waals surface area contributed by atoms with Crippen LogP contribution in [0.1, 0.15) is 162 Å². The van der Waals surface area contributed by atoms with Crippen molar-refractivity contribution in [3.63, 3.8) is 0 Å². The molecule has 2 unspecified atom stereocenters. The summed E-state index contributed by atoms with van der Waals surface area (Å²) in [6, 6.07) is 0. The molecule has 268 valence electrons.